The zero-order chi connectivity index (χ0) is 21.6. The summed E-state index contributed by atoms with van der Waals surface area (Å²) < 4.78 is 31.4. The molecule has 6 nitrogen and oxygen atoms in total. The molecule has 1 atom stereocenters. The Kier molecular flexibility index (Phi) is 7.67. The van der Waals surface area contributed by atoms with Gasteiger partial charge in [0.15, 0.2) is 0 Å². The van der Waals surface area contributed by atoms with Crippen LogP contribution in [-0.2, 0) is 14.8 Å². The topological polar surface area (TPSA) is 75.7 Å². The highest BCUT2D eigenvalue weighted by Crippen LogP contribution is 2.25. The number of hydrogen-bond acceptors (Lipinski definition) is 4. The third-order valence-electron chi connectivity index (χ3n) is 4.78. The highest BCUT2D eigenvalue weighted by molar-refractivity contribution is 7.92. The summed E-state index contributed by atoms with van der Waals surface area (Å²) in [7, 11) is -1.85. The van der Waals surface area contributed by atoms with Crippen molar-refractivity contribution >= 4 is 21.6 Å². The molecule has 0 saturated carbocycles. The van der Waals surface area contributed by atoms with Gasteiger partial charge in [-0.3, -0.25) is 9.10 Å². The Bertz CT molecular complexity index is 957. The molecular weight excluding hydrogens is 388 g/mol. The van der Waals surface area contributed by atoms with Crippen molar-refractivity contribution in [3.05, 3.63) is 59.2 Å². The Labute approximate surface area is 173 Å². The number of benzene rings is 2. The molecule has 2 aromatic carbocycles. The van der Waals surface area contributed by atoms with Gasteiger partial charge in [-0.25, -0.2) is 8.42 Å². The van der Waals surface area contributed by atoms with Crippen LogP contribution in [0.4, 0.5) is 5.69 Å². The van der Waals surface area contributed by atoms with E-state index in [9.17, 15) is 13.2 Å². The first-order valence-electron chi connectivity index (χ1n) is 9.60. The van der Waals surface area contributed by atoms with Gasteiger partial charge in [-0.05, 0) is 50.5 Å². The van der Waals surface area contributed by atoms with Gasteiger partial charge < -0.3 is 10.1 Å². The van der Waals surface area contributed by atoms with Crippen LogP contribution in [0.1, 0.15) is 42.5 Å². The lowest BCUT2D eigenvalue weighted by atomic mass is 10.1. The molecule has 0 fully saturated rings. The summed E-state index contributed by atoms with van der Waals surface area (Å²) in [5.74, 6) is 0.594. The van der Waals surface area contributed by atoms with Crippen molar-refractivity contribution in [2.75, 3.05) is 24.2 Å². The number of nitrogens with zero attached hydrogens (tertiary/aromatic N) is 1. The number of aryl methyl sites for hydroxylation is 2. The van der Waals surface area contributed by atoms with Crippen LogP contribution < -0.4 is 14.4 Å². The molecule has 0 heterocycles. The summed E-state index contributed by atoms with van der Waals surface area (Å²) in [4.78, 5) is 12.4. The Morgan fingerprint density at radius 1 is 1.17 bits per heavy atom. The van der Waals surface area contributed by atoms with Gasteiger partial charge in [0.05, 0.1) is 25.1 Å². The number of carbonyl (C=O) groups is 1. The number of methoxy groups -OCH3 is 1. The van der Waals surface area contributed by atoms with E-state index in [4.69, 9.17) is 4.74 Å². The van der Waals surface area contributed by atoms with Crippen molar-refractivity contribution in [1.29, 1.82) is 0 Å². The zero-order valence-corrected chi connectivity index (χ0v) is 18.5. The van der Waals surface area contributed by atoms with Crippen molar-refractivity contribution in [1.82, 2.24) is 5.32 Å². The van der Waals surface area contributed by atoms with E-state index >= 15 is 0 Å². The molecule has 1 amide bonds. The van der Waals surface area contributed by atoms with Crippen LogP contribution in [-0.4, -0.2) is 34.2 Å². The second kappa shape index (κ2) is 9.78. The van der Waals surface area contributed by atoms with Gasteiger partial charge in [-0.1, -0.05) is 30.3 Å². The van der Waals surface area contributed by atoms with Crippen molar-refractivity contribution < 1.29 is 17.9 Å². The molecular formula is C22H30N2O4S. The molecule has 0 aliphatic heterocycles. The monoisotopic (exact) mass is 418 g/mol. The molecule has 0 radical (unpaired) electrons. The summed E-state index contributed by atoms with van der Waals surface area (Å²) in [6.45, 7) is 5.96. The van der Waals surface area contributed by atoms with E-state index in [1.807, 2.05) is 63.2 Å². The zero-order valence-electron chi connectivity index (χ0n) is 17.7. The van der Waals surface area contributed by atoms with Crippen LogP contribution in [0.3, 0.4) is 0 Å². The second-order valence-corrected chi connectivity index (χ2v) is 9.17. The average Bonchev–Trinajstić information content (AvgIpc) is 2.66. The SMILES string of the molecule is COc1ccccc1[C@@H](C)NC(=O)CCCN(c1cc(C)ccc1C)S(C)(=O)=O. The molecule has 0 saturated heterocycles. The highest BCUT2D eigenvalue weighted by atomic mass is 32.2. The molecule has 1 N–H and O–H groups in total. The number of rotatable bonds is 9. The first-order chi connectivity index (χ1) is 13.6. The predicted octanol–water partition coefficient (Wildman–Crippen LogP) is 3.74. The van der Waals surface area contributed by atoms with E-state index in [0.29, 0.717) is 12.1 Å². The van der Waals surface area contributed by atoms with Gasteiger partial charge in [0.25, 0.3) is 0 Å². The van der Waals surface area contributed by atoms with Crippen LogP contribution in [0.5, 0.6) is 5.75 Å². The molecule has 158 valence electrons. The summed E-state index contributed by atoms with van der Waals surface area (Å²) in [6.07, 6.45) is 1.85. The Morgan fingerprint density at radius 3 is 2.52 bits per heavy atom. The molecule has 7 heteroatoms. The third kappa shape index (κ3) is 6.22. The Balaban J connectivity index is 2.00. The number of hydrogen-bond donors (Lipinski definition) is 1. The maximum Gasteiger partial charge on any atom is 0.232 e. The highest BCUT2D eigenvalue weighted by Gasteiger charge is 2.20. The van der Waals surface area contributed by atoms with Gasteiger partial charge >= 0.3 is 0 Å². The molecule has 0 unspecified atom stereocenters. The Morgan fingerprint density at radius 2 is 1.86 bits per heavy atom. The lowest BCUT2D eigenvalue weighted by molar-refractivity contribution is -0.121. The normalized spacial score (nSPS) is 12.3. The first-order valence-corrected chi connectivity index (χ1v) is 11.5. The van der Waals surface area contributed by atoms with Crippen LogP contribution in [0.25, 0.3) is 0 Å². The molecule has 0 aromatic heterocycles. The lowest BCUT2D eigenvalue weighted by Gasteiger charge is -2.24. The second-order valence-electron chi connectivity index (χ2n) is 7.26. The minimum atomic E-state index is -3.45. The van der Waals surface area contributed by atoms with Crippen LogP contribution >= 0.6 is 0 Å². The minimum Gasteiger partial charge on any atom is -0.496 e. The van der Waals surface area contributed by atoms with Gasteiger partial charge in [0.2, 0.25) is 15.9 Å². The van der Waals surface area contributed by atoms with Crippen molar-refractivity contribution in [3.8, 4) is 5.75 Å². The van der Waals surface area contributed by atoms with E-state index in [1.54, 1.807) is 7.11 Å². The van der Waals surface area contributed by atoms with Crippen LogP contribution in [0, 0.1) is 13.8 Å². The Hall–Kier alpha value is -2.54. The van der Waals surface area contributed by atoms with Crippen LogP contribution in [0.2, 0.25) is 0 Å². The van der Waals surface area contributed by atoms with Crippen molar-refractivity contribution in [3.63, 3.8) is 0 Å². The quantitative estimate of drug-likeness (QED) is 0.673. The average molecular weight is 419 g/mol. The number of para-hydroxylation sites is 1. The molecule has 0 bridgehead atoms. The van der Waals surface area contributed by atoms with E-state index in [1.165, 1.54) is 10.6 Å². The summed E-state index contributed by atoms with van der Waals surface area (Å²) in [5, 5.41) is 2.96. The summed E-state index contributed by atoms with van der Waals surface area (Å²) >= 11 is 0. The van der Waals surface area contributed by atoms with Crippen molar-refractivity contribution in [2.45, 2.75) is 39.7 Å². The minimum absolute atomic E-state index is 0.127. The van der Waals surface area contributed by atoms with Crippen molar-refractivity contribution in [2.24, 2.45) is 0 Å². The first kappa shape index (κ1) is 22.7. The molecule has 0 aliphatic carbocycles. The third-order valence-corrected chi connectivity index (χ3v) is 5.96. The van der Waals surface area contributed by atoms with Crippen LogP contribution in [0.15, 0.2) is 42.5 Å². The molecule has 29 heavy (non-hydrogen) atoms. The standard InChI is InChI=1S/C22H30N2O4S/c1-16-12-13-17(2)20(15-16)24(29(5,26)27)14-8-11-22(25)23-18(3)19-9-6-7-10-21(19)28-4/h6-7,9-10,12-13,15,18H,8,11,14H2,1-5H3,(H,23,25)/t18-/m1/s1. The number of amides is 1. The summed E-state index contributed by atoms with van der Waals surface area (Å²) in [6, 6.07) is 13.1. The molecule has 0 aliphatic rings. The fourth-order valence-corrected chi connectivity index (χ4v) is 4.27. The van der Waals surface area contributed by atoms with E-state index in [-0.39, 0.29) is 24.9 Å². The predicted molar refractivity (Wildman–Crippen MR) is 117 cm³/mol. The number of nitrogens with one attached hydrogen (secondary N) is 1. The van der Waals surface area contributed by atoms with Gasteiger partial charge in [0, 0.05) is 18.5 Å². The smallest absolute Gasteiger partial charge is 0.232 e. The number of ether oxygens (including phenoxy) is 1. The fourth-order valence-electron chi connectivity index (χ4n) is 3.25. The molecule has 0 spiro atoms. The van der Waals surface area contributed by atoms with Gasteiger partial charge in [-0.2, -0.15) is 0 Å². The number of anilines is 1. The van der Waals surface area contributed by atoms with E-state index in [0.717, 1.165) is 22.4 Å². The summed E-state index contributed by atoms with van der Waals surface area (Å²) in [5.41, 5.74) is 3.43. The maximum atomic E-state index is 12.4. The van der Waals surface area contributed by atoms with Gasteiger partial charge in [-0.15, -0.1) is 0 Å². The fraction of sp³-hybridized carbons (Fsp3) is 0.409. The number of sulfonamides is 1. The maximum absolute atomic E-state index is 12.4. The number of carbonyl (C=O) groups excluding carboxylic acids is 1. The van der Waals surface area contributed by atoms with Gasteiger partial charge in [0.1, 0.15) is 5.75 Å². The largest absolute Gasteiger partial charge is 0.496 e. The molecule has 2 aromatic rings. The lowest BCUT2D eigenvalue weighted by Crippen LogP contribution is -2.33. The van der Waals surface area contributed by atoms with E-state index in [2.05, 4.69) is 5.32 Å². The van der Waals surface area contributed by atoms with E-state index < -0.39 is 10.0 Å². The molecule has 2 rings (SSSR count).